The number of anilines is 1. The van der Waals surface area contributed by atoms with E-state index in [0.29, 0.717) is 12.2 Å². The van der Waals surface area contributed by atoms with Crippen molar-refractivity contribution in [3.05, 3.63) is 61.8 Å². The van der Waals surface area contributed by atoms with Crippen LogP contribution in [0.15, 0.2) is 34.8 Å². The lowest BCUT2D eigenvalue weighted by Gasteiger charge is -2.09. The monoisotopic (exact) mass is 361 g/mol. The van der Waals surface area contributed by atoms with Gasteiger partial charge >= 0.3 is 0 Å². The van der Waals surface area contributed by atoms with Gasteiger partial charge < -0.3 is 5.32 Å². The number of rotatable bonds is 3. The second-order valence-electron chi connectivity index (χ2n) is 4.19. The van der Waals surface area contributed by atoms with E-state index in [1.807, 2.05) is 25.1 Å². The molecule has 0 unspecified atom stereocenters. The summed E-state index contributed by atoms with van der Waals surface area (Å²) in [4.78, 5) is 0. The third-order valence-electron chi connectivity index (χ3n) is 2.72. The highest BCUT2D eigenvalue weighted by Crippen LogP contribution is 2.27. The molecule has 0 radical (unpaired) electrons. The number of nitrogens with one attached hydrogen (secondary N) is 1. The molecule has 0 fully saturated rings. The molecule has 100 valence electrons. The van der Waals surface area contributed by atoms with Gasteiger partial charge in [0.1, 0.15) is 0 Å². The van der Waals surface area contributed by atoms with Crippen LogP contribution in [0.25, 0.3) is 0 Å². The summed E-state index contributed by atoms with van der Waals surface area (Å²) in [7, 11) is 0. The summed E-state index contributed by atoms with van der Waals surface area (Å²) in [6.45, 7) is 2.64. The van der Waals surface area contributed by atoms with Gasteiger partial charge in [-0.1, -0.05) is 51.3 Å². The lowest BCUT2D eigenvalue weighted by atomic mass is 10.1. The smallest absolute Gasteiger partial charge is 0.160 e. The predicted molar refractivity (Wildman–Crippen MR) is 82.6 cm³/mol. The number of hydrogen-bond donors (Lipinski definition) is 1. The lowest BCUT2D eigenvalue weighted by molar-refractivity contribution is 0.629. The average molecular weight is 363 g/mol. The van der Waals surface area contributed by atoms with Gasteiger partial charge in [-0.25, -0.2) is 4.39 Å². The number of aryl methyl sites for hydroxylation is 1. The molecule has 0 atom stereocenters. The van der Waals surface area contributed by atoms with Crippen LogP contribution in [0.4, 0.5) is 10.1 Å². The van der Waals surface area contributed by atoms with E-state index < -0.39 is 5.82 Å². The second-order valence-corrected chi connectivity index (χ2v) is 5.86. The third-order valence-corrected chi connectivity index (χ3v) is 4.12. The van der Waals surface area contributed by atoms with Gasteiger partial charge in [-0.2, -0.15) is 0 Å². The molecule has 0 aliphatic carbocycles. The van der Waals surface area contributed by atoms with Crippen molar-refractivity contribution in [2.24, 2.45) is 0 Å². The van der Waals surface area contributed by atoms with E-state index in [2.05, 4.69) is 21.2 Å². The lowest BCUT2D eigenvalue weighted by Crippen LogP contribution is -2.00. The van der Waals surface area contributed by atoms with E-state index >= 15 is 0 Å². The maximum Gasteiger partial charge on any atom is 0.160 e. The van der Waals surface area contributed by atoms with E-state index in [1.165, 1.54) is 17.7 Å². The topological polar surface area (TPSA) is 12.0 Å². The van der Waals surface area contributed by atoms with Crippen molar-refractivity contribution in [1.29, 1.82) is 0 Å². The first-order valence-corrected chi connectivity index (χ1v) is 7.15. The molecule has 0 saturated heterocycles. The fourth-order valence-electron chi connectivity index (χ4n) is 1.61. The Morgan fingerprint density at radius 1 is 1.16 bits per heavy atom. The van der Waals surface area contributed by atoms with E-state index in [9.17, 15) is 4.39 Å². The van der Waals surface area contributed by atoms with E-state index in [4.69, 9.17) is 23.2 Å². The van der Waals surface area contributed by atoms with Crippen LogP contribution in [0.1, 0.15) is 11.1 Å². The van der Waals surface area contributed by atoms with Crippen LogP contribution in [0.3, 0.4) is 0 Å². The molecule has 0 saturated carbocycles. The Labute approximate surface area is 129 Å². The molecule has 5 heteroatoms. The molecule has 2 aromatic carbocycles. The molecule has 1 N–H and O–H groups in total. The van der Waals surface area contributed by atoms with E-state index in [-0.39, 0.29) is 10.0 Å². The first-order chi connectivity index (χ1) is 8.97. The predicted octanol–water partition coefficient (Wildman–Crippen LogP) is 5.82. The maximum atomic E-state index is 13.3. The van der Waals surface area contributed by atoms with Gasteiger partial charge in [-0.3, -0.25) is 0 Å². The first-order valence-electron chi connectivity index (χ1n) is 5.61. The van der Waals surface area contributed by atoms with Gasteiger partial charge in [0.05, 0.1) is 10.0 Å². The molecule has 19 heavy (non-hydrogen) atoms. The zero-order valence-electron chi connectivity index (χ0n) is 10.1. The van der Waals surface area contributed by atoms with Crippen LogP contribution in [0, 0.1) is 12.7 Å². The molecule has 0 aromatic heterocycles. The maximum absolute atomic E-state index is 13.3. The molecular weight excluding hydrogens is 352 g/mol. The Morgan fingerprint density at radius 3 is 2.37 bits per heavy atom. The van der Waals surface area contributed by atoms with Crippen molar-refractivity contribution in [3.8, 4) is 0 Å². The van der Waals surface area contributed by atoms with Crippen molar-refractivity contribution < 1.29 is 4.39 Å². The zero-order chi connectivity index (χ0) is 14.0. The van der Waals surface area contributed by atoms with Gasteiger partial charge in [0, 0.05) is 16.7 Å². The highest BCUT2D eigenvalue weighted by molar-refractivity contribution is 9.10. The van der Waals surface area contributed by atoms with Crippen molar-refractivity contribution in [3.63, 3.8) is 0 Å². The van der Waals surface area contributed by atoms with Crippen LogP contribution < -0.4 is 5.32 Å². The average Bonchev–Trinajstić information content (AvgIpc) is 2.37. The Balaban J connectivity index is 2.12. The molecule has 0 amide bonds. The van der Waals surface area contributed by atoms with Crippen molar-refractivity contribution in [1.82, 2.24) is 0 Å². The Hall–Kier alpha value is -0.770. The summed E-state index contributed by atoms with van der Waals surface area (Å²) in [6, 6.07) is 9.14. The minimum absolute atomic E-state index is 0.0140. The van der Waals surface area contributed by atoms with Crippen LogP contribution in [-0.4, -0.2) is 0 Å². The fraction of sp³-hybridized carbons (Fsp3) is 0.143. The molecule has 0 bridgehead atoms. The van der Waals surface area contributed by atoms with Crippen LogP contribution in [0.5, 0.6) is 0 Å². The minimum Gasteiger partial charge on any atom is -0.381 e. The first kappa shape index (κ1) is 14.6. The third kappa shape index (κ3) is 3.62. The number of halogens is 4. The minimum atomic E-state index is -0.591. The van der Waals surface area contributed by atoms with Crippen molar-refractivity contribution in [2.75, 3.05) is 5.32 Å². The number of hydrogen-bond acceptors (Lipinski definition) is 1. The van der Waals surface area contributed by atoms with Gasteiger partial charge in [0.25, 0.3) is 0 Å². The molecule has 2 aromatic rings. The van der Waals surface area contributed by atoms with Gasteiger partial charge in [-0.05, 0) is 36.2 Å². The summed E-state index contributed by atoms with van der Waals surface area (Å²) in [5.74, 6) is -0.591. The van der Waals surface area contributed by atoms with Gasteiger partial charge in [0.2, 0.25) is 0 Å². The second kappa shape index (κ2) is 6.12. The van der Waals surface area contributed by atoms with Crippen LogP contribution in [0.2, 0.25) is 10.0 Å². The van der Waals surface area contributed by atoms with Crippen molar-refractivity contribution >= 4 is 44.8 Å². The van der Waals surface area contributed by atoms with Crippen molar-refractivity contribution in [2.45, 2.75) is 13.5 Å². The standard InChI is InChI=1S/C14H11BrCl2FN/c1-8-2-3-9(4-11(8)15)7-19-10-5-12(16)14(18)13(17)6-10/h2-6,19H,7H2,1H3. The summed E-state index contributed by atoms with van der Waals surface area (Å²) in [5, 5.41) is 3.19. The molecule has 2 rings (SSSR count). The quantitative estimate of drug-likeness (QED) is 0.678. The normalized spacial score (nSPS) is 10.6. The molecule has 0 aliphatic heterocycles. The van der Waals surface area contributed by atoms with Crippen LogP contribution >= 0.6 is 39.1 Å². The Morgan fingerprint density at radius 2 is 1.79 bits per heavy atom. The van der Waals surface area contributed by atoms with E-state index in [0.717, 1.165) is 10.0 Å². The highest BCUT2D eigenvalue weighted by Gasteiger charge is 2.07. The van der Waals surface area contributed by atoms with Gasteiger partial charge in [-0.15, -0.1) is 0 Å². The molecule has 1 nitrogen and oxygen atoms in total. The molecule has 0 heterocycles. The SMILES string of the molecule is Cc1ccc(CNc2cc(Cl)c(F)c(Cl)c2)cc1Br. The van der Waals surface area contributed by atoms with Crippen LogP contribution in [-0.2, 0) is 6.54 Å². The zero-order valence-corrected chi connectivity index (χ0v) is 13.2. The highest BCUT2D eigenvalue weighted by atomic mass is 79.9. The molecule has 0 aliphatic rings. The summed E-state index contributed by atoms with van der Waals surface area (Å²) in [5.41, 5.74) is 2.97. The summed E-state index contributed by atoms with van der Waals surface area (Å²) >= 11 is 15.0. The summed E-state index contributed by atoms with van der Waals surface area (Å²) < 4.78 is 14.3. The fourth-order valence-corrected chi connectivity index (χ4v) is 2.52. The Kier molecular flexibility index (Phi) is 4.71. The largest absolute Gasteiger partial charge is 0.381 e. The van der Waals surface area contributed by atoms with Gasteiger partial charge in [0.15, 0.2) is 5.82 Å². The number of benzene rings is 2. The Bertz CT molecular complexity index is 593. The molecular formula is C14H11BrCl2FN. The van der Waals surface area contributed by atoms with E-state index in [1.54, 1.807) is 0 Å². The molecule has 0 spiro atoms. The summed E-state index contributed by atoms with van der Waals surface area (Å²) in [6.07, 6.45) is 0.